The van der Waals surface area contributed by atoms with Crippen LogP contribution in [0.2, 0.25) is 0 Å². The second-order valence-corrected chi connectivity index (χ2v) is 7.32. The van der Waals surface area contributed by atoms with Crippen LogP contribution in [0.25, 0.3) is 0 Å². The predicted octanol–water partition coefficient (Wildman–Crippen LogP) is 3.82. The number of unbranched alkanes of at least 4 members (excludes halogenated alkanes) is 1. The average Bonchev–Trinajstić information content (AvgIpc) is 2.53. The van der Waals surface area contributed by atoms with E-state index in [0.717, 1.165) is 30.4 Å². The summed E-state index contributed by atoms with van der Waals surface area (Å²) in [5, 5.41) is 0. The summed E-state index contributed by atoms with van der Waals surface area (Å²) >= 11 is 0. The first-order valence-electron chi connectivity index (χ1n) is 7.65. The van der Waals surface area contributed by atoms with Gasteiger partial charge >= 0.3 is 0 Å². The number of hydrogen-bond donors (Lipinski definition) is 1. The molecule has 0 bridgehead atoms. The van der Waals surface area contributed by atoms with Gasteiger partial charge in [0, 0.05) is 6.54 Å². The van der Waals surface area contributed by atoms with Crippen LogP contribution in [-0.2, 0) is 23.0 Å². The Morgan fingerprint density at radius 1 is 0.909 bits per heavy atom. The molecule has 22 heavy (non-hydrogen) atoms. The second kappa shape index (κ2) is 7.56. The Hall–Kier alpha value is -1.65. The van der Waals surface area contributed by atoms with Crippen LogP contribution in [-0.4, -0.2) is 8.42 Å². The lowest BCUT2D eigenvalue weighted by Gasteiger charge is -2.08. The van der Waals surface area contributed by atoms with Crippen LogP contribution < -0.4 is 4.72 Å². The van der Waals surface area contributed by atoms with Gasteiger partial charge in [-0.05, 0) is 43.0 Å². The van der Waals surface area contributed by atoms with Crippen LogP contribution in [0, 0.1) is 6.92 Å². The lowest BCUT2D eigenvalue weighted by molar-refractivity contribution is 0.581. The fourth-order valence-corrected chi connectivity index (χ4v) is 3.20. The molecule has 0 atom stereocenters. The summed E-state index contributed by atoms with van der Waals surface area (Å²) in [4.78, 5) is 0.319. The van der Waals surface area contributed by atoms with E-state index in [0.29, 0.717) is 11.4 Å². The number of rotatable bonds is 7. The van der Waals surface area contributed by atoms with Crippen LogP contribution in [0.1, 0.15) is 36.5 Å². The van der Waals surface area contributed by atoms with Gasteiger partial charge in [-0.3, -0.25) is 0 Å². The van der Waals surface area contributed by atoms with Crippen molar-refractivity contribution in [1.82, 2.24) is 4.72 Å². The van der Waals surface area contributed by atoms with Crippen LogP contribution in [0.15, 0.2) is 53.4 Å². The van der Waals surface area contributed by atoms with E-state index in [-0.39, 0.29) is 0 Å². The molecular weight excluding hydrogens is 294 g/mol. The Bertz CT molecular complexity index is 689. The van der Waals surface area contributed by atoms with E-state index in [1.807, 2.05) is 43.3 Å². The lowest BCUT2D eigenvalue weighted by Crippen LogP contribution is -2.23. The highest BCUT2D eigenvalue weighted by molar-refractivity contribution is 7.89. The molecule has 2 aromatic carbocycles. The van der Waals surface area contributed by atoms with Gasteiger partial charge < -0.3 is 0 Å². The van der Waals surface area contributed by atoms with E-state index >= 15 is 0 Å². The topological polar surface area (TPSA) is 46.2 Å². The molecule has 0 aliphatic carbocycles. The monoisotopic (exact) mass is 317 g/mol. The SMILES string of the molecule is CCCCc1ccc(S(=O)(=O)NCc2ccc(C)cc2)cc1. The molecule has 3 nitrogen and oxygen atoms in total. The third-order valence-electron chi connectivity index (χ3n) is 3.64. The van der Waals surface area contributed by atoms with E-state index < -0.39 is 10.0 Å². The van der Waals surface area contributed by atoms with Crippen LogP contribution >= 0.6 is 0 Å². The minimum absolute atomic E-state index is 0.306. The summed E-state index contributed by atoms with van der Waals surface area (Å²) < 4.78 is 27.2. The third-order valence-corrected chi connectivity index (χ3v) is 5.06. The molecular formula is C18H23NO2S. The maximum atomic E-state index is 12.3. The van der Waals surface area contributed by atoms with E-state index in [1.165, 1.54) is 5.56 Å². The largest absolute Gasteiger partial charge is 0.240 e. The van der Waals surface area contributed by atoms with Gasteiger partial charge in [0.1, 0.15) is 0 Å². The first-order chi connectivity index (χ1) is 10.5. The van der Waals surface area contributed by atoms with Crippen molar-refractivity contribution in [3.63, 3.8) is 0 Å². The number of nitrogens with one attached hydrogen (secondary N) is 1. The average molecular weight is 317 g/mol. The molecule has 0 amide bonds. The Kier molecular flexibility index (Phi) is 5.75. The normalized spacial score (nSPS) is 11.5. The summed E-state index contributed by atoms with van der Waals surface area (Å²) in [6.07, 6.45) is 3.25. The fraction of sp³-hybridized carbons (Fsp3) is 0.333. The molecule has 4 heteroatoms. The number of hydrogen-bond acceptors (Lipinski definition) is 2. The fourth-order valence-electron chi connectivity index (χ4n) is 2.18. The third kappa shape index (κ3) is 4.68. The molecule has 0 saturated carbocycles. The molecule has 0 spiro atoms. The molecule has 2 aromatic rings. The zero-order chi connectivity index (χ0) is 16.0. The lowest BCUT2D eigenvalue weighted by atomic mass is 10.1. The van der Waals surface area contributed by atoms with Gasteiger partial charge in [0.2, 0.25) is 10.0 Å². The zero-order valence-electron chi connectivity index (χ0n) is 13.2. The minimum Gasteiger partial charge on any atom is -0.207 e. The highest BCUT2D eigenvalue weighted by atomic mass is 32.2. The Balaban J connectivity index is 2.01. The first kappa shape index (κ1) is 16.7. The predicted molar refractivity (Wildman–Crippen MR) is 90.3 cm³/mol. The highest BCUT2D eigenvalue weighted by Gasteiger charge is 2.13. The van der Waals surface area contributed by atoms with Crippen molar-refractivity contribution in [1.29, 1.82) is 0 Å². The van der Waals surface area contributed by atoms with Crippen molar-refractivity contribution >= 4 is 10.0 Å². The van der Waals surface area contributed by atoms with Crippen molar-refractivity contribution < 1.29 is 8.42 Å². The summed E-state index contributed by atoms with van der Waals surface area (Å²) in [6.45, 7) is 4.46. The van der Waals surface area contributed by atoms with Gasteiger partial charge in [0.05, 0.1) is 4.90 Å². The smallest absolute Gasteiger partial charge is 0.207 e. The number of sulfonamides is 1. The molecule has 1 N–H and O–H groups in total. The van der Waals surface area contributed by atoms with Crippen LogP contribution in [0.5, 0.6) is 0 Å². The Morgan fingerprint density at radius 3 is 2.09 bits per heavy atom. The van der Waals surface area contributed by atoms with Gasteiger partial charge in [-0.15, -0.1) is 0 Å². The molecule has 0 saturated heterocycles. The van der Waals surface area contributed by atoms with E-state index in [9.17, 15) is 8.42 Å². The molecule has 0 unspecified atom stereocenters. The van der Waals surface area contributed by atoms with Crippen molar-refractivity contribution in [2.24, 2.45) is 0 Å². The van der Waals surface area contributed by atoms with Gasteiger partial charge in [-0.25, -0.2) is 13.1 Å². The van der Waals surface area contributed by atoms with Gasteiger partial charge in [0.15, 0.2) is 0 Å². The van der Waals surface area contributed by atoms with Crippen LogP contribution in [0.4, 0.5) is 0 Å². The summed E-state index contributed by atoms with van der Waals surface area (Å²) in [5.41, 5.74) is 3.29. The molecule has 0 fully saturated rings. The Labute approximate surface area is 133 Å². The molecule has 0 aliphatic heterocycles. The summed E-state index contributed by atoms with van der Waals surface area (Å²) in [7, 11) is -3.46. The van der Waals surface area contributed by atoms with Gasteiger partial charge in [0.25, 0.3) is 0 Å². The Morgan fingerprint density at radius 2 is 1.50 bits per heavy atom. The summed E-state index contributed by atoms with van der Waals surface area (Å²) in [5.74, 6) is 0. The van der Waals surface area contributed by atoms with E-state index in [4.69, 9.17) is 0 Å². The van der Waals surface area contributed by atoms with Gasteiger partial charge in [-0.2, -0.15) is 0 Å². The maximum absolute atomic E-state index is 12.3. The minimum atomic E-state index is -3.46. The zero-order valence-corrected chi connectivity index (χ0v) is 14.0. The second-order valence-electron chi connectivity index (χ2n) is 5.56. The van der Waals surface area contributed by atoms with Gasteiger partial charge in [-0.1, -0.05) is 55.3 Å². The van der Waals surface area contributed by atoms with Crippen molar-refractivity contribution in [3.8, 4) is 0 Å². The standard InChI is InChI=1S/C18H23NO2S/c1-3-4-5-16-10-12-18(13-11-16)22(20,21)19-14-17-8-6-15(2)7-9-17/h6-13,19H,3-5,14H2,1-2H3. The van der Waals surface area contributed by atoms with Crippen LogP contribution in [0.3, 0.4) is 0 Å². The highest BCUT2D eigenvalue weighted by Crippen LogP contribution is 2.13. The van der Waals surface area contributed by atoms with Crippen molar-refractivity contribution in [2.75, 3.05) is 0 Å². The maximum Gasteiger partial charge on any atom is 0.240 e. The molecule has 0 aromatic heterocycles. The molecule has 118 valence electrons. The summed E-state index contributed by atoms with van der Waals surface area (Å²) in [6, 6.07) is 15.0. The van der Waals surface area contributed by atoms with E-state index in [1.54, 1.807) is 12.1 Å². The molecule has 0 heterocycles. The molecule has 2 rings (SSSR count). The van der Waals surface area contributed by atoms with E-state index in [2.05, 4.69) is 11.6 Å². The number of aryl methyl sites for hydroxylation is 2. The van der Waals surface area contributed by atoms with Crippen molar-refractivity contribution in [2.45, 2.75) is 44.6 Å². The quantitative estimate of drug-likeness (QED) is 0.844. The first-order valence-corrected chi connectivity index (χ1v) is 9.14. The molecule has 0 aliphatic rings. The molecule has 0 radical (unpaired) electrons. The van der Waals surface area contributed by atoms with Crippen molar-refractivity contribution in [3.05, 3.63) is 65.2 Å². The number of benzene rings is 2.